The van der Waals surface area contributed by atoms with Gasteiger partial charge in [0, 0.05) is 19.1 Å². The Morgan fingerprint density at radius 1 is 1.25 bits per heavy atom. The summed E-state index contributed by atoms with van der Waals surface area (Å²) in [6.07, 6.45) is 7.18. The molecule has 0 unspecified atom stereocenters. The molecule has 0 spiro atoms. The summed E-state index contributed by atoms with van der Waals surface area (Å²) >= 11 is 0. The maximum atomic E-state index is 12.6. The molecule has 1 aliphatic heterocycles. The Morgan fingerprint density at radius 2 is 2.00 bits per heavy atom. The van der Waals surface area contributed by atoms with Crippen LogP contribution in [0.2, 0.25) is 0 Å². The third kappa shape index (κ3) is 4.37. The SMILES string of the molecule is CN(CC(=O)N1CC[C@@H](Cc2cccc(CO)c2)C1)C1CCCC1. The van der Waals surface area contributed by atoms with E-state index in [1.165, 1.54) is 31.2 Å². The Hall–Kier alpha value is -1.39. The van der Waals surface area contributed by atoms with E-state index >= 15 is 0 Å². The van der Waals surface area contributed by atoms with Crippen molar-refractivity contribution in [2.75, 3.05) is 26.7 Å². The number of benzene rings is 1. The molecule has 1 aromatic carbocycles. The standard InChI is InChI=1S/C20H30N2O2/c1-21(19-7-2-3-8-19)14-20(24)22-10-9-17(13-22)11-16-5-4-6-18(12-16)15-23/h4-6,12,17,19,23H,2-3,7-11,13-15H2,1H3/t17-/m0/s1. The predicted molar refractivity (Wildman–Crippen MR) is 95.6 cm³/mol. The highest BCUT2D eigenvalue weighted by molar-refractivity contribution is 5.78. The molecular weight excluding hydrogens is 300 g/mol. The lowest BCUT2D eigenvalue weighted by molar-refractivity contribution is -0.131. The molecule has 1 amide bonds. The van der Waals surface area contributed by atoms with Crippen LogP contribution in [-0.2, 0) is 17.8 Å². The van der Waals surface area contributed by atoms with Crippen molar-refractivity contribution < 1.29 is 9.90 Å². The molecule has 132 valence electrons. The summed E-state index contributed by atoms with van der Waals surface area (Å²) in [5.74, 6) is 0.829. The molecular formula is C20H30N2O2. The number of amides is 1. The number of nitrogens with zero attached hydrogens (tertiary/aromatic N) is 2. The zero-order valence-corrected chi connectivity index (χ0v) is 14.8. The van der Waals surface area contributed by atoms with E-state index in [9.17, 15) is 9.90 Å². The van der Waals surface area contributed by atoms with Crippen LogP contribution >= 0.6 is 0 Å². The molecule has 0 radical (unpaired) electrons. The smallest absolute Gasteiger partial charge is 0.236 e. The van der Waals surface area contributed by atoms with Crippen LogP contribution in [0.5, 0.6) is 0 Å². The predicted octanol–water partition coefficient (Wildman–Crippen LogP) is 2.44. The number of aliphatic hydroxyl groups is 1. The van der Waals surface area contributed by atoms with Crippen molar-refractivity contribution >= 4 is 5.91 Å². The summed E-state index contributed by atoms with van der Waals surface area (Å²) in [6.45, 7) is 2.43. The fourth-order valence-corrected chi connectivity index (χ4v) is 4.20. The lowest BCUT2D eigenvalue weighted by Gasteiger charge is -2.26. The first kappa shape index (κ1) is 17.4. The van der Waals surface area contributed by atoms with Gasteiger partial charge in [0.15, 0.2) is 0 Å². The van der Waals surface area contributed by atoms with Gasteiger partial charge >= 0.3 is 0 Å². The van der Waals surface area contributed by atoms with Gasteiger partial charge in [-0.3, -0.25) is 9.69 Å². The lowest BCUT2D eigenvalue weighted by atomic mass is 9.97. The van der Waals surface area contributed by atoms with Crippen molar-refractivity contribution in [2.24, 2.45) is 5.92 Å². The maximum absolute atomic E-state index is 12.6. The molecule has 4 nitrogen and oxygen atoms in total. The quantitative estimate of drug-likeness (QED) is 0.871. The van der Waals surface area contributed by atoms with E-state index in [1.807, 2.05) is 17.0 Å². The van der Waals surface area contributed by atoms with Gasteiger partial charge in [0.25, 0.3) is 0 Å². The summed E-state index contributed by atoms with van der Waals surface area (Å²) in [5, 5.41) is 9.25. The minimum atomic E-state index is 0.0939. The fraction of sp³-hybridized carbons (Fsp3) is 0.650. The molecule has 4 heteroatoms. The molecule has 1 saturated heterocycles. The van der Waals surface area contributed by atoms with Gasteiger partial charge in [-0.15, -0.1) is 0 Å². The maximum Gasteiger partial charge on any atom is 0.236 e. The van der Waals surface area contributed by atoms with Crippen molar-refractivity contribution in [3.05, 3.63) is 35.4 Å². The van der Waals surface area contributed by atoms with Crippen molar-refractivity contribution in [2.45, 2.75) is 51.2 Å². The molecule has 0 bridgehead atoms. The molecule has 1 aliphatic carbocycles. The number of rotatable bonds is 6. The summed E-state index contributed by atoms with van der Waals surface area (Å²) in [6, 6.07) is 8.77. The van der Waals surface area contributed by atoms with Gasteiger partial charge < -0.3 is 10.0 Å². The second-order valence-electron chi connectivity index (χ2n) is 7.53. The van der Waals surface area contributed by atoms with Crippen LogP contribution in [0.15, 0.2) is 24.3 Å². The van der Waals surface area contributed by atoms with Crippen LogP contribution < -0.4 is 0 Å². The minimum absolute atomic E-state index is 0.0939. The van der Waals surface area contributed by atoms with E-state index in [0.29, 0.717) is 18.5 Å². The normalized spacial score (nSPS) is 21.8. The Morgan fingerprint density at radius 3 is 2.75 bits per heavy atom. The van der Waals surface area contributed by atoms with E-state index in [-0.39, 0.29) is 12.5 Å². The number of hydrogen-bond donors (Lipinski definition) is 1. The summed E-state index contributed by atoms with van der Waals surface area (Å²) in [5.41, 5.74) is 2.24. The third-order valence-corrected chi connectivity index (χ3v) is 5.67. The van der Waals surface area contributed by atoms with Gasteiger partial charge in [-0.05, 0) is 49.8 Å². The monoisotopic (exact) mass is 330 g/mol. The van der Waals surface area contributed by atoms with Crippen molar-refractivity contribution in [1.29, 1.82) is 0 Å². The molecule has 1 atom stereocenters. The second kappa shape index (κ2) is 8.13. The van der Waals surface area contributed by atoms with Gasteiger partial charge in [0.2, 0.25) is 5.91 Å². The topological polar surface area (TPSA) is 43.8 Å². The zero-order valence-electron chi connectivity index (χ0n) is 14.8. The lowest BCUT2D eigenvalue weighted by Crippen LogP contribution is -2.41. The van der Waals surface area contributed by atoms with Crippen molar-refractivity contribution in [3.63, 3.8) is 0 Å². The molecule has 24 heavy (non-hydrogen) atoms. The molecule has 1 saturated carbocycles. The second-order valence-corrected chi connectivity index (χ2v) is 7.53. The number of aliphatic hydroxyl groups excluding tert-OH is 1. The molecule has 1 heterocycles. The van der Waals surface area contributed by atoms with Crippen LogP contribution in [0.3, 0.4) is 0 Å². The van der Waals surface area contributed by atoms with E-state index in [1.54, 1.807) is 0 Å². The highest BCUT2D eigenvalue weighted by atomic mass is 16.3. The van der Waals surface area contributed by atoms with Gasteiger partial charge in [-0.2, -0.15) is 0 Å². The third-order valence-electron chi connectivity index (χ3n) is 5.67. The molecule has 3 rings (SSSR count). The van der Waals surface area contributed by atoms with E-state index < -0.39 is 0 Å². The average molecular weight is 330 g/mol. The Kier molecular flexibility index (Phi) is 5.90. The van der Waals surface area contributed by atoms with Crippen LogP contribution in [0, 0.1) is 5.92 Å². The molecule has 0 aromatic heterocycles. The highest BCUT2D eigenvalue weighted by Gasteiger charge is 2.28. The van der Waals surface area contributed by atoms with Gasteiger partial charge in [-0.25, -0.2) is 0 Å². The number of carbonyl (C=O) groups excluding carboxylic acids is 1. The number of likely N-dealkylation sites (tertiary alicyclic amines) is 1. The Bertz CT molecular complexity index is 554. The molecule has 2 aliphatic rings. The van der Waals surface area contributed by atoms with E-state index in [4.69, 9.17) is 0 Å². The summed E-state index contributed by atoms with van der Waals surface area (Å²) in [7, 11) is 2.10. The van der Waals surface area contributed by atoms with E-state index in [2.05, 4.69) is 24.1 Å². The van der Waals surface area contributed by atoms with E-state index in [0.717, 1.165) is 31.5 Å². The number of hydrogen-bond acceptors (Lipinski definition) is 3. The van der Waals surface area contributed by atoms with Crippen LogP contribution in [0.4, 0.5) is 0 Å². The number of carbonyl (C=O) groups is 1. The molecule has 1 aromatic rings. The first-order chi connectivity index (χ1) is 11.7. The first-order valence-corrected chi connectivity index (χ1v) is 9.32. The first-order valence-electron chi connectivity index (χ1n) is 9.32. The van der Waals surface area contributed by atoms with Crippen LogP contribution in [-0.4, -0.2) is 53.5 Å². The van der Waals surface area contributed by atoms with Crippen molar-refractivity contribution in [3.8, 4) is 0 Å². The van der Waals surface area contributed by atoms with Gasteiger partial charge in [-0.1, -0.05) is 37.1 Å². The Balaban J connectivity index is 1.48. The molecule has 1 N–H and O–H groups in total. The van der Waals surface area contributed by atoms with Gasteiger partial charge in [0.05, 0.1) is 13.2 Å². The minimum Gasteiger partial charge on any atom is -0.392 e. The average Bonchev–Trinajstić information content (AvgIpc) is 3.26. The van der Waals surface area contributed by atoms with Crippen LogP contribution in [0.25, 0.3) is 0 Å². The molecule has 2 fully saturated rings. The largest absolute Gasteiger partial charge is 0.392 e. The van der Waals surface area contributed by atoms with Crippen LogP contribution in [0.1, 0.15) is 43.2 Å². The highest BCUT2D eigenvalue weighted by Crippen LogP contribution is 2.24. The summed E-state index contributed by atoms with van der Waals surface area (Å²) in [4.78, 5) is 16.9. The van der Waals surface area contributed by atoms with Gasteiger partial charge in [0.1, 0.15) is 0 Å². The fourth-order valence-electron chi connectivity index (χ4n) is 4.20. The Labute approximate surface area is 145 Å². The zero-order chi connectivity index (χ0) is 16.9. The summed E-state index contributed by atoms with van der Waals surface area (Å²) < 4.78 is 0. The van der Waals surface area contributed by atoms with Crippen molar-refractivity contribution in [1.82, 2.24) is 9.80 Å². The number of likely N-dealkylation sites (N-methyl/N-ethyl adjacent to an activating group) is 1.